The topological polar surface area (TPSA) is 75.3 Å². The first kappa shape index (κ1) is 13.9. The van der Waals surface area contributed by atoms with E-state index >= 15 is 0 Å². The molecule has 1 N–H and O–H groups in total. The molecule has 2 heterocycles. The molecule has 1 aliphatic rings. The molecule has 0 unspecified atom stereocenters. The SMILES string of the molecule is COc1ccc2nc(SCCN3C(=O)CCC3=O)[nH]c2c1. The van der Waals surface area contributed by atoms with Crippen molar-refractivity contribution in [3.05, 3.63) is 18.2 Å². The molecule has 0 radical (unpaired) electrons. The lowest BCUT2D eigenvalue weighted by atomic mass is 10.3. The number of methoxy groups -OCH3 is 1. The molecule has 0 atom stereocenters. The van der Waals surface area contributed by atoms with Gasteiger partial charge in [0.25, 0.3) is 0 Å². The number of carbonyl (C=O) groups is 2. The number of carbonyl (C=O) groups excluding carboxylic acids is 2. The maximum Gasteiger partial charge on any atom is 0.229 e. The Labute approximate surface area is 125 Å². The van der Waals surface area contributed by atoms with Gasteiger partial charge in [0, 0.05) is 31.2 Å². The molecule has 21 heavy (non-hydrogen) atoms. The maximum absolute atomic E-state index is 11.5. The lowest BCUT2D eigenvalue weighted by Gasteiger charge is -2.12. The first-order valence-electron chi connectivity index (χ1n) is 6.67. The molecule has 3 rings (SSSR count). The molecule has 7 heteroatoms. The predicted octanol–water partition coefficient (Wildman–Crippen LogP) is 1.81. The van der Waals surface area contributed by atoms with E-state index in [1.807, 2.05) is 18.2 Å². The van der Waals surface area contributed by atoms with Crippen LogP contribution in [0.5, 0.6) is 5.75 Å². The second kappa shape index (κ2) is 5.77. The third-order valence-corrected chi connectivity index (χ3v) is 4.23. The first-order valence-corrected chi connectivity index (χ1v) is 7.65. The van der Waals surface area contributed by atoms with Gasteiger partial charge in [-0.15, -0.1) is 0 Å². The number of hydrogen-bond acceptors (Lipinski definition) is 5. The van der Waals surface area contributed by atoms with Crippen LogP contribution < -0.4 is 4.74 Å². The average Bonchev–Trinajstić information content (AvgIpc) is 3.03. The van der Waals surface area contributed by atoms with Gasteiger partial charge in [0.05, 0.1) is 18.1 Å². The van der Waals surface area contributed by atoms with Crippen molar-refractivity contribution < 1.29 is 14.3 Å². The highest BCUT2D eigenvalue weighted by Crippen LogP contribution is 2.23. The fourth-order valence-electron chi connectivity index (χ4n) is 2.27. The number of nitrogens with one attached hydrogen (secondary N) is 1. The highest BCUT2D eigenvalue weighted by Gasteiger charge is 2.28. The van der Waals surface area contributed by atoms with Gasteiger partial charge in [-0.25, -0.2) is 4.98 Å². The molecule has 0 spiro atoms. The van der Waals surface area contributed by atoms with Gasteiger partial charge in [0.15, 0.2) is 5.16 Å². The van der Waals surface area contributed by atoms with Crippen molar-refractivity contribution in [3.63, 3.8) is 0 Å². The Morgan fingerprint density at radius 3 is 2.81 bits per heavy atom. The summed E-state index contributed by atoms with van der Waals surface area (Å²) in [7, 11) is 1.62. The zero-order valence-electron chi connectivity index (χ0n) is 11.6. The number of aromatic nitrogens is 2. The van der Waals surface area contributed by atoms with Crippen molar-refractivity contribution in [2.24, 2.45) is 0 Å². The first-order chi connectivity index (χ1) is 10.2. The van der Waals surface area contributed by atoms with Crippen LogP contribution in [0.1, 0.15) is 12.8 Å². The molecule has 0 saturated carbocycles. The molecular weight excluding hydrogens is 290 g/mol. The zero-order valence-corrected chi connectivity index (χ0v) is 12.4. The lowest BCUT2D eigenvalue weighted by Crippen LogP contribution is -2.31. The fourth-order valence-corrected chi connectivity index (χ4v) is 3.08. The summed E-state index contributed by atoms with van der Waals surface area (Å²) in [5.74, 6) is 1.26. The molecule has 0 aliphatic carbocycles. The molecule has 1 aliphatic heterocycles. The summed E-state index contributed by atoms with van der Waals surface area (Å²) in [6.45, 7) is 0.433. The summed E-state index contributed by atoms with van der Waals surface area (Å²) in [6, 6.07) is 5.64. The standard InChI is InChI=1S/C14H15N3O3S/c1-20-9-2-3-10-11(8-9)16-14(15-10)21-7-6-17-12(18)4-5-13(17)19/h2-3,8H,4-7H2,1H3,(H,15,16). The minimum absolute atomic E-state index is 0.0741. The molecule has 1 fully saturated rings. The Morgan fingerprint density at radius 2 is 2.10 bits per heavy atom. The highest BCUT2D eigenvalue weighted by molar-refractivity contribution is 7.99. The second-order valence-electron chi connectivity index (χ2n) is 4.71. The molecule has 2 aromatic rings. The van der Waals surface area contributed by atoms with Crippen molar-refractivity contribution in [1.82, 2.24) is 14.9 Å². The second-order valence-corrected chi connectivity index (χ2v) is 5.80. The summed E-state index contributed by atoms with van der Waals surface area (Å²) in [5.41, 5.74) is 1.77. The van der Waals surface area contributed by atoms with E-state index in [9.17, 15) is 9.59 Å². The van der Waals surface area contributed by atoms with Crippen molar-refractivity contribution in [1.29, 1.82) is 0 Å². The molecule has 6 nitrogen and oxygen atoms in total. The van der Waals surface area contributed by atoms with Crippen molar-refractivity contribution in [3.8, 4) is 5.75 Å². The van der Waals surface area contributed by atoms with Crippen LogP contribution >= 0.6 is 11.8 Å². The minimum atomic E-state index is -0.0741. The summed E-state index contributed by atoms with van der Waals surface area (Å²) < 4.78 is 5.17. The van der Waals surface area contributed by atoms with Crippen LogP contribution in [0.25, 0.3) is 11.0 Å². The number of aromatic amines is 1. The van der Waals surface area contributed by atoms with Gasteiger partial charge in [-0.05, 0) is 12.1 Å². The van der Waals surface area contributed by atoms with E-state index in [1.165, 1.54) is 16.7 Å². The summed E-state index contributed by atoms with van der Waals surface area (Å²) in [6.07, 6.45) is 0.682. The van der Waals surface area contributed by atoms with Crippen LogP contribution in [-0.4, -0.2) is 46.1 Å². The molecule has 1 saturated heterocycles. The number of thioether (sulfide) groups is 1. The third kappa shape index (κ3) is 2.87. The molecule has 1 aromatic heterocycles. The molecule has 2 amide bonds. The number of benzene rings is 1. The minimum Gasteiger partial charge on any atom is -0.497 e. The number of hydrogen-bond donors (Lipinski definition) is 1. The van der Waals surface area contributed by atoms with E-state index in [0.29, 0.717) is 25.1 Å². The molecule has 0 bridgehead atoms. The van der Waals surface area contributed by atoms with E-state index in [0.717, 1.165) is 21.9 Å². The Balaban J connectivity index is 1.63. The lowest BCUT2D eigenvalue weighted by molar-refractivity contribution is -0.137. The van der Waals surface area contributed by atoms with Gasteiger partial charge in [0.2, 0.25) is 11.8 Å². The van der Waals surface area contributed by atoms with Gasteiger partial charge in [0.1, 0.15) is 5.75 Å². The number of likely N-dealkylation sites (tertiary alicyclic amines) is 1. The number of imidazole rings is 1. The predicted molar refractivity (Wildman–Crippen MR) is 79.3 cm³/mol. The number of fused-ring (bicyclic) bond motifs is 1. The van der Waals surface area contributed by atoms with Crippen LogP contribution in [0.15, 0.2) is 23.4 Å². The molecule has 110 valence electrons. The van der Waals surface area contributed by atoms with Gasteiger partial charge in [-0.1, -0.05) is 11.8 Å². The average molecular weight is 305 g/mol. The van der Waals surface area contributed by atoms with E-state index in [1.54, 1.807) is 7.11 Å². The number of rotatable bonds is 5. The van der Waals surface area contributed by atoms with Crippen molar-refractivity contribution in [2.75, 3.05) is 19.4 Å². The van der Waals surface area contributed by atoms with Crippen LogP contribution in [-0.2, 0) is 9.59 Å². The van der Waals surface area contributed by atoms with Gasteiger partial charge in [-0.2, -0.15) is 0 Å². The summed E-state index contributed by atoms with van der Waals surface area (Å²) in [4.78, 5) is 32.0. The quantitative estimate of drug-likeness (QED) is 0.673. The Bertz CT molecular complexity index is 682. The zero-order chi connectivity index (χ0) is 14.8. The van der Waals surface area contributed by atoms with Crippen LogP contribution in [0.3, 0.4) is 0 Å². The van der Waals surface area contributed by atoms with E-state index in [2.05, 4.69) is 9.97 Å². The number of nitrogens with zero attached hydrogens (tertiary/aromatic N) is 2. The summed E-state index contributed by atoms with van der Waals surface area (Å²) >= 11 is 1.50. The monoisotopic (exact) mass is 305 g/mol. The maximum atomic E-state index is 11.5. The Morgan fingerprint density at radius 1 is 1.33 bits per heavy atom. The van der Waals surface area contributed by atoms with Crippen LogP contribution in [0.2, 0.25) is 0 Å². The van der Waals surface area contributed by atoms with Gasteiger partial charge < -0.3 is 9.72 Å². The number of ether oxygens (including phenoxy) is 1. The van der Waals surface area contributed by atoms with E-state index in [-0.39, 0.29) is 11.8 Å². The molecule has 1 aromatic carbocycles. The number of imide groups is 1. The molecular formula is C14H15N3O3S. The normalized spacial score (nSPS) is 15.2. The number of amides is 2. The smallest absolute Gasteiger partial charge is 0.229 e. The van der Waals surface area contributed by atoms with Crippen LogP contribution in [0, 0.1) is 0 Å². The van der Waals surface area contributed by atoms with Gasteiger partial charge >= 0.3 is 0 Å². The Kier molecular flexibility index (Phi) is 3.83. The van der Waals surface area contributed by atoms with E-state index in [4.69, 9.17) is 4.74 Å². The van der Waals surface area contributed by atoms with Crippen molar-refractivity contribution in [2.45, 2.75) is 18.0 Å². The largest absolute Gasteiger partial charge is 0.497 e. The Hall–Kier alpha value is -2.02. The van der Waals surface area contributed by atoms with Crippen LogP contribution in [0.4, 0.5) is 0 Å². The third-order valence-electron chi connectivity index (χ3n) is 3.38. The summed E-state index contributed by atoms with van der Waals surface area (Å²) in [5, 5.41) is 0.775. The fraction of sp³-hybridized carbons (Fsp3) is 0.357. The van der Waals surface area contributed by atoms with E-state index < -0.39 is 0 Å². The highest BCUT2D eigenvalue weighted by atomic mass is 32.2. The van der Waals surface area contributed by atoms with Crippen molar-refractivity contribution >= 4 is 34.6 Å². The number of H-pyrrole nitrogens is 1. The van der Waals surface area contributed by atoms with Gasteiger partial charge in [-0.3, -0.25) is 14.5 Å².